The van der Waals surface area contributed by atoms with E-state index in [0.29, 0.717) is 6.42 Å². The zero-order chi connectivity index (χ0) is 15.7. The van der Waals surface area contributed by atoms with Crippen LogP contribution in [0.1, 0.15) is 16.7 Å². The number of hydrogen-bond acceptors (Lipinski definition) is 4. The number of anilines is 1. The molecule has 0 N–H and O–H groups in total. The molecule has 0 spiro atoms. The summed E-state index contributed by atoms with van der Waals surface area (Å²) in [6.45, 7) is 8.23. The molecule has 1 saturated heterocycles. The molecule has 22 heavy (non-hydrogen) atoms. The molecule has 0 unspecified atom stereocenters. The van der Waals surface area contributed by atoms with Crippen LogP contribution in [0.15, 0.2) is 18.2 Å². The van der Waals surface area contributed by atoms with Gasteiger partial charge in [0.25, 0.3) is 0 Å². The van der Waals surface area contributed by atoms with Gasteiger partial charge in [0.15, 0.2) is 0 Å². The summed E-state index contributed by atoms with van der Waals surface area (Å²) in [5.74, 6) is 0.995. The number of fused-ring (bicyclic) bond motifs is 1. The molecule has 0 amide bonds. The lowest BCUT2D eigenvalue weighted by molar-refractivity contribution is 0.312. The molecular formula is C18H22N4. The van der Waals surface area contributed by atoms with Crippen LogP contribution in [0.2, 0.25) is 0 Å². The van der Waals surface area contributed by atoms with Crippen LogP contribution in [0.5, 0.6) is 0 Å². The van der Waals surface area contributed by atoms with E-state index in [1.54, 1.807) is 0 Å². The lowest BCUT2D eigenvalue weighted by Gasteiger charge is -2.34. The highest BCUT2D eigenvalue weighted by Gasteiger charge is 2.19. The van der Waals surface area contributed by atoms with Crippen LogP contribution in [0, 0.1) is 25.2 Å². The Morgan fingerprint density at radius 2 is 1.86 bits per heavy atom. The summed E-state index contributed by atoms with van der Waals surface area (Å²) in [6.07, 6.45) is 0.414. The largest absolute Gasteiger partial charge is 0.354 e. The average molecular weight is 294 g/mol. The second-order valence-electron chi connectivity index (χ2n) is 6.25. The summed E-state index contributed by atoms with van der Waals surface area (Å²) in [7, 11) is 2.15. The van der Waals surface area contributed by atoms with Gasteiger partial charge < -0.3 is 9.80 Å². The van der Waals surface area contributed by atoms with Crippen LogP contribution in [0.25, 0.3) is 10.9 Å². The fourth-order valence-corrected chi connectivity index (χ4v) is 3.19. The molecule has 3 rings (SSSR count). The zero-order valence-corrected chi connectivity index (χ0v) is 13.6. The molecule has 1 fully saturated rings. The number of aromatic nitrogens is 1. The number of likely N-dealkylation sites (N-methyl/N-ethyl adjacent to an activating group) is 1. The minimum atomic E-state index is 0.414. The van der Waals surface area contributed by atoms with Gasteiger partial charge in [0.05, 0.1) is 18.0 Å². The molecule has 1 aromatic heterocycles. The first kappa shape index (κ1) is 14.8. The van der Waals surface area contributed by atoms with E-state index in [-0.39, 0.29) is 0 Å². The second-order valence-corrected chi connectivity index (χ2v) is 6.25. The van der Waals surface area contributed by atoms with Gasteiger partial charge in [0.1, 0.15) is 5.82 Å². The van der Waals surface area contributed by atoms with E-state index in [0.717, 1.165) is 48.5 Å². The molecule has 2 heterocycles. The minimum absolute atomic E-state index is 0.414. The number of nitrogens with zero attached hydrogens (tertiary/aromatic N) is 4. The second kappa shape index (κ2) is 5.94. The van der Waals surface area contributed by atoms with Gasteiger partial charge in [-0.1, -0.05) is 11.6 Å². The fraction of sp³-hybridized carbons (Fsp3) is 0.444. The molecular weight excluding hydrogens is 272 g/mol. The maximum atomic E-state index is 9.16. The molecule has 0 atom stereocenters. The number of benzene rings is 1. The van der Waals surface area contributed by atoms with Gasteiger partial charge in [-0.25, -0.2) is 4.98 Å². The Hall–Kier alpha value is -2.12. The van der Waals surface area contributed by atoms with Crippen LogP contribution >= 0.6 is 0 Å². The van der Waals surface area contributed by atoms with Gasteiger partial charge in [0, 0.05) is 37.1 Å². The third-order valence-corrected chi connectivity index (χ3v) is 4.38. The minimum Gasteiger partial charge on any atom is -0.354 e. The SMILES string of the molecule is Cc1cc(C)c2nc(N3CCN(C)CC3)c(CC#N)cc2c1. The van der Waals surface area contributed by atoms with E-state index in [1.165, 1.54) is 11.1 Å². The quantitative estimate of drug-likeness (QED) is 0.854. The zero-order valence-electron chi connectivity index (χ0n) is 13.6. The fourth-order valence-electron chi connectivity index (χ4n) is 3.19. The van der Waals surface area contributed by atoms with E-state index in [1.807, 2.05) is 0 Å². The Balaban J connectivity index is 2.11. The third kappa shape index (κ3) is 2.77. The van der Waals surface area contributed by atoms with Crippen LogP contribution in [-0.4, -0.2) is 43.1 Å². The van der Waals surface area contributed by atoms with Crippen LogP contribution in [0.3, 0.4) is 0 Å². The summed E-state index contributed by atoms with van der Waals surface area (Å²) < 4.78 is 0. The van der Waals surface area contributed by atoms with Crippen molar-refractivity contribution in [2.24, 2.45) is 0 Å². The average Bonchev–Trinajstić information content (AvgIpc) is 2.48. The van der Waals surface area contributed by atoms with Crippen molar-refractivity contribution in [3.63, 3.8) is 0 Å². The van der Waals surface area contributed by atoms with Crippen molar-refractivity contribution < 1.29 is 0 Å². The molecule has 0 saturated carbocycles. The maximum Gasteiger partial charge on any atom is 0.133 e. The van der Waals surface area contributed by atoms with Crippen molar-refractivity contribution in [1.29, 1.82) is 5.26 Å². The Labute approximate surface area is 132 Å². The lowest BCUT2D eigenvalue weighted by atomic mass is 10.0. The van der Waals surface area contributed by atoms with E-state index >= 15 is 0 Å². The molecule has 1 aromatic carbocycles. The first-order valence-corrected chi connectivity index (χ1v) is 7.80. The molecule has 4 heteroatoms. The van der Waals surface area contributed by atoms with Crippen LogP contribution < -0.4 is 4.90 Å². The van der Waals surface area contributed by atoms with E-state index in [4.69, 9.17) is 10.2 Å². The Bertz CT molecular complexity index is 737. The number of hydrogen-bond donors (Lipinski definition) is 0. The van der Waals surface area contributed by atoms with Crippen molar-refractivity contribution in [3.05, 3.63) is 34.9 Å². The van der Waals surface area contributed by atoms with Gasteiger partial charge in [-0.05, 0) is 38.6 Å². The van der Waals surface area contributed by atoms with Gasteiger partial charge >= 0.3 is 0 Å². The van der Waals surface area contributed by atoms with Crippen LogP contribution in [-0.2, 0) is 6.42 Å². The maximum absolute atomic E-state index is 9.16. The molecule has 0 bridgehead atoms. The first-order valence-electron chi connectivity index (χ1n) is 7.80. The standard InChI is InChI=1S/C18H22N4/c1-13-10-14(2)17-16(11-13)12-15(4-5-19)18(20-17)22-8-6-21(3)7-9-22/h10-12H,4,6-9H2,1-3H3. The molecule has 1 aliphatic rings. The van der Waals surface area contributed by atoms with Crippen molar-refractivity contribution in [2.45, 2.75) is 20.3 Å². The monoisotopic (exact) mass is 294 g/mol. The molecule has 4 nitrogen and oxygen atoms in total. The van der Waals surface area contributed by atoms with E-state index in [9.17, 15) is 0 Å². The highest BCUT2D eigenvalue weighted by atomic mass is 15.3. The Morgan fingerprint density at radius 3 is 2.55 bits per heavy atom. The summed E-state index contributed by atoms with van der Waals surface area (Å²) in [5, 5.41) is 10.3. The van der Waals surface area contributed by atoms with Gasteiger partial charge in [-0.2, -0.15) is 5.26 Å². The van der Waals surface area contributed by atoms with Gasteiger partial charge in [-0.3, -0.25) is 0 Å². The molecule has 114 valence electrons. The molecule has 1 aliphatic heterocycles. The van der Waals surface area contributed by atoms with Crippen molar-refractivity contribution in [1.82, 2.24) is 9.88 Å². The predicted molar refractivity (Wildman–Crippen MR) is 90.2 cm³/mol. The Kier molecular flexibility index (Phi) is 4.00. The van der Waals surface area contributed by atoms with Gasteiger partial charge in [-0.15, -0.1) is 0 Å². The smallest absolute Gasteiger partial charge is 0.133 e. The number of aryl methyl sites for hydroxylation is 2. The topological polar surface area (TPSA) is 43.2 Å². The lowest BCUT2D eigenvalue weighted by Crippen LogP contribution is -2.45. The highest BCUT2D eigenvalue weighted by molar-refractivity contribution is 5.85. The summed E-state index contributed by atoms with van der Waals surface area (Å²) in [5.41, 5.74) is 4.54. The summed E-state index contributed by atoms with van der Waals surface area (Å²) >= 11 is 0. The highest BCUT2D eigenvalue weighted by Crippen LogP contribution is 2.27. The van der Waals surface area contributed by atoms with Crippen LogP contribution in [0.4, 0.5) is 5.82 Å². The number of piperazine rings is 1. The number of nitriles is 1. The first-order chi connectivity index (χ1) is 10.6. The molecule has 0 aliphatic carbocycles. The Morgan fingerprint density at radius 1 is 1.14 bits per heavy atom. The van der Waals surface area contributed by atoms with Crippen molar-refractivity contribution in [2.75, 3.05) is 38.1 Å². The molecule has 2 aromatic rings. The van der Waals surface area contributed by atoms with E-state index in [2.05, 4.69) is 55.0 Å². The summed E-state index contributed by atoms with van der Waals surface area (Å²) in [4.78, 5) is 9.59. The van der Waals surface area contributed by atoms with Crippen molar-refractivity contribution in [3.8, 4) is 6.07 Å². The summed E-state index contributed by atoms with van der Waals surface area (Å²) in [6, 6.07) is 8.77. The predicted octanol–water partition coefficient (Wildman–Crippen LogP) is 2.67. The third-order valence-electron chi connectivity index (χ3n) is 4.38. The van der Waals surface area contributed by atoms with E-state index < -0.39 is 0 Å². The number of rotatable bonds is 2. The normalized spacial score (nSPS) is 16.0. The van der Waals surface area contributed by atoms with Gasteiger partial charge in [0.2, 0.25) is 0 Å². The number of pyridine rings is 1. The van der Waals surface area contributed by atoms with Crippen molar-refractivity contribution >= 4 is 16.7 Å². The molecule has 0 radical (unpaired) electrons.